The molecule has 2 unspecified atom stereocenters. The number of benzene rings is 5. The number of fused-ring (bicyclic) bond motifs is 4. The van der Waals surface area contributed by atoms with Crippen molar-refractivity contribution >= 4 is 57.2 Å². The van der Waals surface area contributed by atoms with E-state index in [1.807, 2.05) is 0 Å². The van der Waals surface area contributed by atoms with Crippen LogP contribution in [0.3, 0.4) is 0 Å². The van der Waals surface area contributed by atoms with Gasteiger partial charge in [0.15, 0.2) is 0 Å². The van der Waals surface area contributed by atoms with Crippen LogP contribution in [0.1, 0.15) is 183 Å². The summed E-state index contributed by atoms with van der Waals surface area (Å²) in [5.41, 5.74) is 21.9. The van der Waals surface area contributed by atoms with Crippen LogP contribution >= 0.6 is 0 Å². The van der Waals surface area contributed by atoms with Gasteiger partial charge in [0.25, 0.3) is 6.71 Å². The zero-order valence-electron chi connectivity index (χ0n) is 42.6. The topological polar surface area (TPSA) is 6.48 Å². The number of hydrogen-bond acceptors (Lipinski definition) is 2. The molecule has 10 rings (SSSR count). The first-order valence-corrected chi connectivity index (χ1v) is 24.3. The fourth-order valence-corrected chi connectivity index (χ4v) is 11.2. The first-order valence-electron chi connectivity index (χ1n) is 24.3. The molecule has 5 aromatic carbocycles. The number of nitrogens with zero attached hydrogens (tertiary/aromatic N) is 2. The molecule has 5 aliphatic rings. The van der Waals surface area contributed by atoms with E-state index in [1.54, 1.807) is 0 Å². The van der Waals surface area contributed by atoms with Gasteiger partial charge in [-0.15, -0.1) is 0 Å². The van der Waals surface area contributed by atoms with Crippen LogP contribution in [0.4, 0.5) is 34.1 Å². The summed E-state index contributed by atoms with van der Waals surface area (Å²) in [6.07, 6.45) is 1.37. The van der Waals surface area contributed by atoms with Crippen LogP contribution in [0.2, 0.25) is 0 Å². The van der Waals surface area contributed by atoms with E-state index in [0.717, 1.165) is 17.8 Å². The normalized spacial score (nSPS) is 20.8. The van der Waals surface area contributed by atoms with Gasteiger partial charge in [-0.05, 0) is 166 Å². The molecule has 5 aromatic rings. The summed E-state index contributed by atoms with van der Waals surface area (Å²) in [6.45, 7) is 45.3. The van der Waals surface area contributed by atoms with Crippen molar-refractivity contribution in [2.45, 2.75) is 176 Å². The van der Waals surface area contributed by atoms with E-state index in [1.165, 1.54) is 95.9 Å². The third kappa shape index (κ3) is 7.22. The molecule has 3 fully saturated rings. The second-order valence-electron chi connectivity index (χ2n) is 26.6. The van der Waals surface area contributed by atoms with Crippen LogP contribution < -0.4 is 26.2 Å². The Hall–Kier alpha value is -4.24. The Balaban J connectivity index is 1.44. The molecule has 0 amide bonds. The van der Waals surface area contributed by atoms with E-state index in [-0.39, 0.29) is 39.2 Å². The van der Waals surface area contributed by atoms with Crippen molar-refractivity contribution in [1.29, 1.82) is 0 Å². The Labute approximate surface area is 383 Å². The highest BCUT2D eigenvalue weighted by Gasteiger charge is 2.59. The van der Waals surface area contributed by atoms with Gasteiger partial charge in [0.1, 0.15) is 0 Å². The Kier molecular flexibility index (Phi) is 9.70. The standard InChI is InChI=1S/C60H77BN2/c1-35-45-34-46(35)53(45)36-24-51-54-52(25-36)63(44-30-41(59(14,15)16)27-42(31-44)60(17,18)19)50-33-38(56(5,6)7)21-23-48(50)61(54)47-22-20-37(55(2,3)4)32-49(47)62(51)43-28-39(57(8,9)10)26-40(29-43)58(11,12)13/h20-33,35,45-46,53H,34H2,1-19H3. The summed E-state index contributed by atoms with van der Waals surface area (Å²) < 4.78 is 0. The number of hydrogen-bond donors (Lipinski definition) is 0. The minimum Gasteiger partial charge on any atom is -0.311 e. The van der Waals surface area contributed by atoms with Crippen LogP contribution in [-0.4, -0.2) is 6.71 Å². The molecule has 2 nitrogen and oxygen atoms in total. The predicted molar refractivity (Wildman–Crippen MR) is 276 cm³/mol. The Morgan fingerprint density at radius 3 is 1.02 bits per heavy atom. The molecular weight excluding hydrogens is 759 g/mol. The van der Waals surface area contributed by atoms with E-state index >= 15 is 0 Å². The summed E-state index contributed by atoms with van der Waals surface area (Å²) in [7, 11) is 0. The first-order chi connectivity index (χ1) is 28.9. The van der Waals surface area contributed by atoms with Gasteiger partial charge < -0.3 is 9.80 Å². The lowest BCUT2D eigenvalue weighted by Crippen LogP contribution is -2.62. The quantitative estimate of drug-likeness (QED) is 0.164. The van der Waals surface area contributed by atoms with Gasteiger partial charge in [-0.3, -0.25) is 0 Å². The molecule has 3 heteroatoms. The summed E-state index contributed by atoms with van der Waals surface area (Å²) in [5.74, 6) is 2.93. The minimum absolute atomic E-state index is 0.00707. The van der Waals surface area contributed by atoms with E-state index in [2.05, 4.69) is 226 Å². The molecule has 2 bridgehead atoms. The van der Waals surface area contributed by atoms with Crippen LogP contribution in [0, 0.1) is 17.8 Å². The number of rotatable bonds is 3. The third-order valence-electron chi connectivity index (χ3n) is 15.8. The third-order valence-corrected chi connectivity index (χ3v) is 15.8. The highest BCUT2D eigenvalue weighted by molar-refractivity contribution is 7.00. The summed E-state index contributed by atoms with van der Waals surface area (Å²) in [4.78, 5) is 5.45. The van der Waals surface area contributed by atoms with E-state index < -0.39 is 0 Å². The lowest BCUT2D eigenvalue weighted by Gasteiger charge is -2.64. The second kappa shape index (κ2) is 13.9. The lowest BCUT2D eigenvalue weighted by atomic mass is 9.33. The summed E-state index contributed by atoms with van der Waals surface area (Å²) in [6, 6.07) is 35.4. The van der Waals surface area contributed by atoms with Crippen molar-refractivity contribution in [3.63, 3.8) is 0 Å². The molecule has 3 saturated carbocycles. The maximum atomic E-state index is 2.72. The maximum Gasteiger partial charge on any atom is 0.252 e. The second-order valence-corrected chi connectivity index (χ2v) is 26.6. The highest BCUT2D eigenvalue weighted by atomic mass is 15.2. The van der Waals surface area contributed by atoms with Crippen molar-refractivity contribution in [2.24, 2.45) is 17.8 Å². The van der Waals surface area contributed by atoms with E-state index in [0.29, 0.717) is 5.92 Å². The molecule has 2 atom stereocenters. The Morgan fingerprint density at radius 1 is 0.397 bits per heavy atom. The molecule has 0 aromatic heterocycles. The van der Waals surface area contributed by atoms with Gasteiger partial charge in [-0.25, -0.2) is 0 Å². The fourth-order valence-electron chi connectivity index (χ4n) is 11.2. The molecule has 2 aliphatic heterocycles. The molecule has 330 valence electrons. The summed E-state index contributed by atoms with van der Waals surface area (Å²) in [5, 5.41) is 0. The van der Waals surface area contributed by atoms with Crippen molar-refractivity contribution in [2.75, 3.05) is 9.80 Å². The van der Waals surface area contributed by atoms with Crippen molar-refractivity contribution < 1.29 is 0 Å². The number of anilines is 6. The molecule has 63 heavy (non-hydrogen) atoms. The van der Waals surface area contributed by atoms with Crippen molar-refractivity contribution in [3.05, 3.63) is 124 Å². The zero-order valence-corrected chi connectivity index (χ0v) is 42.6. The molecule has 3 aliphatic carbocycles. The van der Waals surface area contributed by atoms with Gasteiger partial charge in [0.05, 0.1) is 0 Å². The van der Waals surface area contributed by atoms with Gasteiger partial charge in [0, 0.05) is 34.1 Å². The van der Waals surface area contributed by atoms with E-state index in [4.69, 9.17) is 0 Å². The SMILES string of the molecule is CC1C2CC1C2c1cc2c3c(c1)N(c1cc(C(C)(C)C)cc(C(C)(C)C)c1)c1cc(C(C)(C)C)ccc1B3c1ccc(C(C)(C)C)cc1N2c1cc(C(C)(C)C)cc(C(C)(C)C)c1. The lowest BCUT2D eigenvalue weighted by molar-refractivity contribution is -0.103. The van der Waals surface area contributed by atoms with Crippen molar-refractivity contribution in [3.8, 4) is 0 Å². The Morgan fingerprint density at radius 2 is 0.730 bits per heavy atom. The highest BCUT2D eigenvalue weighted by Crippen LogP contribution is 2.68. The molecule has 2 heterocycles. The summed E-state index contributed by atoms with van der Waals surface area (Å²) >= 11 is 0. The monoisotopic (exact) mass is 837 g/mol. The molecule has 0 N–H and O–H groups in total. The zero-order chi connectivity index (χ0) is 45.9. The predicted octanol–water partition coefficient (Wildman–Crippen LogP) is 14.9. The van der Waals surface area contributed by atoms with Crippen LogP contribution in [-0.2, 0) is 32.5 Å². The molecule has 0 radical (unpaired) electrons. The molecular formula is C60H77BN2. The average Bonchev–Trinajstić information content (AvgIpc) is 3.13. The van der Waals surface area contributed by atoms with Gasteiger partial charge in [-0.2, -0.15) is 0 Å². The van der Waals surface area contributed by atoms with Crippen LogP contribution in [0.15, 0.2) is 84.9 Å². The van der Waals surface area contributed by atoms with E-state index in [9.17, 15) is 0 Å². The average molecular weight is 837 g/mol. The Bertz CT molecular complexity index is 2410. The first kappa shape index (κ1) is 44.0. The smallest absolute Gasteiger partial charge is 0.252 e. The maximum absolute atomic E-state index is 2.72. The van der Waals surface area contributed by atoms with Crippen LogP contribution in [0.5, 0.6) is 0 Å². The van der Waals surface area contributed by atoms with Gasteiger partial charge >= 0.3 is 0 Å². The minimum atomic E-state index is -0.0155. The van der Waals surface area contributed by atoms with Gasteiger partial charge in [0.2, 0.25) is 0 Å². The van der Waals surface area contributed by atoms with Crippen LogP contribution in [0.25, 0.3) is 0 Å². The van der Waals surface area contributed by atoms with Gasteiger partial charge in [-0.1, -0.05) is 168 Å². The largest absolute Gasteiger partial charge is 0.311 e. The fraction of sp³-hybridized carbons (Fsp3) is 0.500. The molecule has 0 spiro atoms. The van der Waals surface area contributed by atoms with Crippen molar-refractivity contribution in [1.82, 2.24) is 0 Å². The molecule has 0 saturated heterocycles.